The van der Waals surface area contributed by atoms with Crippen molar-refractivity contribution in [2.45, 2.75) is 11.3 Å². The van der Waals surface area contributed by atoms with Crippen molar-refractivity contribution < 1.29 is 4.79 Å². The van der Waals surface area contributed by atoms with Crippen LogP contribution in [0, 0.1) is 6.92 Å². The van der Waals surface area contributed by atoms with Crippen LogP contribution in [0.2, 0.25) is 0 Å². The molecule has 0 fully saturated rings. The number of nitrogens with one attached hydrogen (secondary N) is 1. The minimum atomic E-state index is -0.344. The lowest BCUT2D eigenvalue weighted by atomic mass is 10.4. The number of aryl methyl sites for hydroxylation is 1. The summed E-state index contributed by atoms with van der Waals surface area (Å²) in [5, 5.41) is 10.9. The number of rotatable bonds is 5. The molecule has 2 aromatic rings. The maximum absolute atomic E-state index is 11.9. The van der Waals surface area contributed by atoms with Gasteiger partial charge in [-0.1, -0.05) is 29.2 Å². The highest BCUT2D eigenvalue weighted by molar-refractivity contribution is 8.01. The number of nitrogens with zero attached hydrogens (tertiary/aromatic N) is 4. The Balaban J connectivity index is 2.00. The Hall–Kier alpha value is -1.80. The van der Waals surface area contributed by atoms with Gasteiger partial charge in [-0.05, 0) is 6.92 Å². The van der Waals surface area contributed by atoms with Gasteiger partial charge in [0.25, 0.3) is 5.91 Å². The van der Waals surface area contributed by atoms with Crippen molar-refractivity contribution in [1.29, 1.82) is 0 Å². The van der Waals surface area contributed by atoms with Crippen LogP contribution in [0.5, 0.6) is 0 Å². The molecule has 0 aromatic carbocycles. The van der Waals surface area contributed by atoms with Crippen LogP contribution >= 0.6 is 23.1 Å². The van der Waals surface area contributed by atoms with Crippen molar-refractivity contribution >= 4 is 34.1 Å². The van der Waals surface area contributed by atoms with Crippen molar-refractivity contribution in [2.75, 3.05) is 11.1 Å². The molecule has 6 nitrogen and oxygen atoms in total. The zero-order valence-corrected chi connectivity index (χ0v) is 11.8. The van der Waals surface area contributed by atoms with Gasteiger partial charge in [0, 0.05) is 11.9 Å². The first-order chi connectivity index (χ1) is 9.19. The molecule has 0 saturated heterocycles. The fourth-order valence-corrected chi connectivity index (χ4v) is 2.63. The Labute approximate surface area is 118 Å². The van der Waals surface area contributed by atoms with Crippen LogP contribution in [-0.2, 0) is 0 Å². The predicted molar refractivity (Wildman–Crippen MR) is 75.6 cm³/mol. The fourth-order valence-electron chi connectivity index (χ4n) is 1.12. The summed E-state index contributed by atoms with van der Waals surface area (Å²) < 4.78 is 0.783. The minimum absolute atomic E-state index is 0.251. The third-order valence-electron chi connectivity index (χ3n) is 1.97. The van der Waals surface area contributed by atoms with Crippen molar-refractivity contribution in [3.63, 3.8) is 0 Å². The van der Waals surface area contributed by atoms with E-state index >= 15 is 0 Å². The summed E-state index contributed by atoms with van der Waals surface area (Å²) in [6.45, 7) is 5.44. The summed E-state index contributed by atoms with van der Waals surface area (Å²) >= 11 is 2.83. The number of aromatic nitrogens is 4. The van der Waals surface area contributed by atoms with Gasteiger partial charge in [-0.15, -0.1) is 16.8 Å². The number of anilines is 1. The monoisotopic (exact) mass is 293 g/mol. The first-order valence-electron chi connectivity index (χ1n) is 5.36. The van der Waals surface area contributed by atoms with Gasteiger partial charge in [0.15, 0.2) is 4.34 Å². The van der Waals surface area contributed by atoms with Crippen LogP contribution in [0.1, 0.15) is 16.2 Å². The second kappa shape index (κ2) is 6.39. The highest BCUT2D eigenvalue weighted by atomic mass is 32.2. The van der Waals surface area contributed by atoms with E-state index in [9.17, 15) is 4.79 Å². The fraction of sp³-hybridized carbons (Fsp3) is 0.182. The molecule has 0 aliphatic heterocycles. The van der Waals surface area contributed by atoms with Crippen LogP contribution in [0.25, 0.3) is 0 Å². The molecule has 8 heteroatoms. The van der Waals surface area contributed by atoms with Gasteiger partial charge in [0.2, 0.25) is 5.13 Å². The molecule has 0 unspecified atom stereocenters. The van der Waals surface area contributed by atoms with E-state index in [4.69, 9.17) is 0 Å². The SMILES string of the molecule is C=CCSc1nnc(NC(=O)c2cnc(C)cn2)s1. The van der Waals surface area contributed by atoms with Crippen LogP contribution in [-0.4, -0.2) is 31.8 Å². The number of carbonyl (C=O) groups is 1. The van der Waals surface area contributed by atoms with Crippen molar-refractivity contribution in [3.05, 3.63) is 36.4 Å². The number of carbonyl (C=O) groups excluding carboxylic acids is 1. The molecule has 1 amide bonds. The molecule has 2 heterocycles. The first kappa shape index (κ1) is 13.6. The van der Waals surface area contributed by atoms with Crippen LogP contribution in [0.3, 0.4) is 0 Å². The summed E-state index contributed by atoms with van der Waals surface area (Å²) in [5.74, 6) is 0.412. The topological polar surface area (TPSA) is 80.7 Å². The first-order valence-corrected chi connectivity index (χ1v) is 7.16. The zero-order chi connectivity index (χ0) is 13.7. The maximum atomic E-state index is 11.9. The van der Waals surface area contributed by atoms with E-state index in [1.165, 1.54) is 29.3 Å². The molecule has 0 radical (unpaired) electrons. The smallest absolute Gasteiger partial charge is 0.277 e. The average Bonchev–Trinajstić information content (AvgIpc) is 2.84. The third kappa shape index (κ3) is 3.83. The summed E-state index contributed by atoms with van der Waals surface area (Å²) in [7, 11) is 0. The van der Waals surface area contributed by atoms with Gasteiger partial charge in [-0.2, -0.15) is 0 Å². The van der Waals surface area contributed by atoms with Gasteiger partial charge < -0.3 is 0 Å². The Morgan fingerprint density at radius 2 is 2.32 bits per heavy atom. The average molecular weight is 293 g/mol. The van der Waals surface area contributed by atoms with Gasteiger partial charge in [0.1, 0.15) is 5.69 Å². The molecule has 19 heavy (non-hydrogen) atoms. The molecular formula is C11H11N5OS2. The Kier molecular flexibility index (Phi) is 4.58. The van der Waals surface area contributed by atoms with E-state index in [0.29, 0.717) is 5.13 Å². The lowest BCUT2D eigenvalue weighted by molar-refractivity contribution is 0.102. The molecule has 1 N–H and O–H groups in total. The lowest BCUT2D eigenvalue weighted by Crippen LogP contribution is -2.13. The normalized spacial score (nSPS) is 10.2. The van der Waals surface area contributed by atoms with E-state index < -0.39 is 0 Å². The van der Waals surface area contributed by atoms with E-state index in [1.807, 2.05) is 6.92 Å². The largest absolute Gasteiger partial charge is 0.295 e. The Bertz CT molecular complexity index is 581. The number of hydrogen-bond donors (Lipinski definition) is 1. The molecule has 0 bridgehead atoms. The molecule has 0 aliphatic rings. The van der Waals surface area contributed by atoms with E-state index in [2.05, 4.69) is 32.1 Å². The molecule has 98 valence electrons. The Morgan fingerprint density at radius 3 is 3.00 bits per heavy atom. The standard InChI is InChI=1S/C11H11N5OS2/c1-3-4-18-11-16-15-10(19-11)14-9(17)8-6-12-7(2)5-13-8/h3,5-6H,1,4H2,2H3,(H,14,15,17). The van der Waals surface area contributed by atoms with Gasteiger partial charge in [-0.25, -0.2) is 4.98 Å². The van der Waals surface area contributed by atoms with Gasteiger partial charge in [-0.3, -0.25) is 15.1 Å². The van der Waals surface area contributed by atoms with Crippen molar-refractivity contribution in [1.82, 2.24) is 20.2 Å². The van der Waals surface area contributed by atoms with Crippen LogP contribution in [0.4, 0.5) is 5.13 Å². The number of hydrogen-bond acceptors (Lipinski definition) is 7. The summed E-state index contributed by atoms with van der Waals surface area (Å²) in [6, 6.07) is 0. The highest BCUT2D eigenvalue weighted by Gasteiger charge is 2.11. The lowest BCUT2D eigenvalue weighted by Gasteiger charge is -1.99. The van der Waals surface area contributed by atoms with Gasteiger partial charge in [0.05, 0.1) is 11.9 Å². The quantitative estimate of drug-likeness (QED) is 0.517. The molecule has 0 aliphatic carbocycles. The number of amides is 1. The zero-order valence-electron chi connectivity index (χ0n) is 10.2. The molecular weight excluding hydrogens is 282 g/mol. The van der Waals surface area contributed by atoms with Crippen LogP contribution < -0.4 is 5.32 Å². The Morgan fingerprint density at radius 1 is 1.47 bits per heavy atom. The predicted octanol–water partition coefficient (Wildman–Crippen LogP) is 2.17. The van der Waals surface area contributed by atoms with Crippen LogP contribution in [0.15, 0.2) is 29.4 Å². The van der Waals surface area contributed by atoms with E-state index in [0.717, 1.165) is 15.8 Å². The molecule has 0 saturated carbocycles. The molecule has 2 rings (SSSR count). The second-order valence-corrected chi connectivity index (χ2v) is 5.71. The minimum Gasteiger partial charge on any atom is -0.295 e. The third-order valence-corrected chi connectivity index (χ3v) is 3.93. The van der Waals surface area contributed by atoms with Gasteiger partial charge >= 0.3 is 0 Å². The summed E-state index contributed by atoms with van der Waals surface area (Å²) in [5.41, 5.74) is 1.01. The van der Waals surface area contributed by atoms with E-state index in [-0.39, 0.29) is 11.6 Å². The van der Waals surface area contributed by atoms with Crippen molar-refractivity contribution in [2.24, 2.45) is 0 Å². The van der Waals surface area contributed by atoms with E-state index in [1.54, 1.807) is 12.3 Å². The second-order valence-electron chi connectivity index (χ2n) is 3.47. The summed E-state index contributed by atoms with van der Waals surface area (Å²) in [4.78, 5) is 19.9. The summed E-state index contributed by atoms with van der Waals surface area (Å²) in [6.07, 6.45) is 4.76. The number of thioether (sulfide) groups is 1. The molecule has 0 atom stereocenters. The molecule has 0 spiro atoms. The highest BCUT2D eigenvalue weighted by Crippen LogP contribution is 2.25. The van der Waals surface area contributed by atoms with Crippen molar-refractivity contribution in [3.8, 4) is 0 Å². The molecule has 2 aromatic heterocycles. The maximum Gasteiger partial charge on any atom is 0.277 e.